The van der Waals surface area contributed by atoms with Gasteiger partial charge in [0.15, 0.2) is 0 Å². The predicted octanol–water partition coefficient (Wildman–Crippen LogP) is 2.19. The van der Waals surface area contributed by atoms with E-state index in [0.717, 1.165) is 36.0 Å². The molecule has 0 atom stereocenters. The van der Waals surface area contributed by atoms with Crippen LogP contribution in [0.15, 0.2) is 35.6 Å². The van der Waals surface area contributed by atoms with Crippen molar-refractivity contribution >= 4 is 23.9 Å². The third-order valence-electron chi connectivity index (χ3n) is 5.34. The topological polar surface area (TPSA) is 135 Å². The Morgan fingerprint density at radius 2 is 1.87 bits per heavy atom. The summed E-state index contributed by atoms with van der Waals surface area (Å²) in [6, 6.07) is 7.68. The van der Waals surface area contributed by atoms with Crippen LogP contribution in [-0.2, 0) is 17.6 Å². The minimum Gasteiger partial charge on any atom is -0.481 e. The number of nitrogens with two attached hydrogens (primary N) is 2. The average Bonchev–Trinajstić information content (AvgIpc) is 2.75. The standard InChI is InChI=1S/C22H27N5O3/c23-21-18(8-9-19(28)29)20(22(30)27-10-2-1-3-11-27)17(14-25-21)12-15-4-6-16(7-5-15)13-26-24/h4-7,13-14H,1-3,8-12,24H2,(H2,23,25)(H,28,29). The quantitative estimate of drug-likeness (QED) is 0.364. The van der Waals surface area contributed by atoms with Crippen LogP contribution >= 0.6 is 0 Å². The number of aromatic nitrogens is 1. The Bertz CT molecular complexity index is 935. The lowest BCUT2D eigenvalue weighted by Gasteiger charge is -2.28. The van der Waals surface area contributed by atoms with Gasteiger partial charge in [-0.3, -0.25) is 9.59 Å². The molecule has 0 spiro atoms. The highest BCUT2D eigenvalue weighted by Crippen LogP contribution is 2.26. The predicted molar refractivity (Wildman–Crippen MR) is 115 cm³/mol. The van der Waals surface area contributed by atoms with Crippen molar-refractivity contribution in [3.05, 3.63) is 58.3 Å². The first-order valence-corrected chi connectivity index (χ1v) is 10.1. The summed E-state index contributed by atoms with van der Waals surface area (Å²) in [5.74, 6) is 4.38. The number of nitrogens with zero attached hydrogens (tertiary/aromatic N) is 3. The highest BCUT2D eigenvalue weighted by molar-refractivity contribution is 5.98. The lowest BCUT2D eigenvalue weighted by Crippen LogP contribution is -2.37. The van der Waals surface area contributed by atoms with Crippen LogP contribution in [0.3, 0.4) is 0 Å². The molecule has 8 nitrogen and oxygen atoms in total. The minimum atomic E-state index is -0.937. The molecule has 2 aromatic rings. The van der Waals surface area contributed by atoms with Crippen molar-refractivity contribution in [2.75, 3.05) is 18.8 Å². The molecule has 1 saturated heterocycles. The summed E-state index contributed by atoms with van der Waals surface area (Å²) in [5.41, 5.74) is 9.73. The van der Waals surface area contributed by atoms with Crippen LogP contribution in [0.2, 0.25) is 0 Å². The van der Waals surface area contributed by atoms with Crippen molar-refractivity contribution < 1.29 is 14.7 Å². The maximum Gasteiger partial charge on any atom is 0.303 e. The van der Waals surface area contributed by atoms with E-state index in [1.165, 1.54) is 0 Å². The highest BCUT2D eigenvalue weighted by atomic mass is 16.4. The first-order valence-electron chi connectivity index (χ1n) is 10.1. The number of benzene rings is 1. The molecule has 30 heavy (non-hydrogen) atoms. The zero-order valence-electron chi connectivity index (χ0n) is 16.9. The molecule has 0 radical (unpaired) electrons. The van der Waals surface area contributed by atoms with Crippen LogP contribution < -0.4 is 11.6 Å². The van der Waals surface area contributed by atoms with E-state index in [4.69, 9.17) is 16.7 Å². The number of carbonyl (C=O) groups excluding carboxylic acids is 1. The number of carbonyl (C=O) groups is 2. The van der Waals surface area contributed by atoms with Crippen LogP contribution in [-0.4, -0.2) is 46.2 Å². The van der Waals surface area contributed by atoms with Crippen molar-refractivity contribution in [3.8, 4) is 0 Å². The van der Waals surface area contributed by atoms with E-state index in [-0.39, 0.29) is 24.6 Å². The Labute approximate surface area is 175 Å². The van der Waals surface area contributed by atoms with Crippen LogP contribution in [0, 0.1) is 0 Å². The molecule has 0 aliphatic carbocycles. The fourth-order valence-electron chi connectivity index (χ4n) is 3.78. The first-order chi connectivity index (χ1) is 14.5. The van der Waals surface area contributed by atoms with Crippen LogP contribution in [0.4, 0.5) is 5.82 Å². The van der Waals surface area contributed by atoms with Gasteiger partial charge in [0.2, 0.25) is 0 Å². The van der Waals surface area contributed by atoms with Gasteiger partial charge in [0.05, 0.1) is 11.8 Å². The molecule has 5 N–H and O–H groups in total. The van der Waals surface area contributed by atoms with Gasteiger partial charge in [-0.25, -0.2) is 4.98 Å². The lowest BCUT2D eigenvalue weighted by atomic mass is 9.93. The second-order valence-corrected chi connectivity index (χ2v) is 7.47. The van der Waals surface area contributed by atoms with Crippen molar-refractivity contribution in [2.45, 2.75) is 38.5 Å². The van der Waals surface area contributed by atoms with Gasteiger partial charge < -0.3 is 21.6 Å². The second-order valence-electron chi connectivity index (χ2n) is 7.47. The molecular formula is C22H27N5O3. The minimum absolute atomic E-state index is 0.0916. The van der Waals surface area contributed by atoms with Crippen LogP contribution in [0.5, 0.6) is 0 Å². The van der Waals surface area contributed by atoms with Gasteiger partial charge in [0.1, 0.15) is 5.82 Å². The molecule has 158 valence electrons. The maximum atomic E-state index is 13.4. The SMILES string of the molecule is NN=Cc1ccc(Cc2cnc(N)c(CCC(=O)O)c2C(=O)N2CCCCC2)cc1. The van der Waals surface area contributed by atoms with E-state index in [2.05, 4.69) is 10.1 Å². The van der Waals surface area contributed by atoms with Crippen molar-refractivity contribution in [1.29, 1.82) is 0 Å². The molecule has 1 aromatic heterocycles. The van der Waals surface area contributed by atoms with E-state index < -0.39 is 5.97 Å². The zero-order chi connectivity index (χ0) is 21.5. The number of piperidine rings is 1. The Morgan fingerprint density at radius 1 is 1.17 bits per heavy atom. The van der Waals surface area contributed by atoms with E-state index in [1.54, 1.807) is 12.4 Å². The maximum absolute atomic E-state index is 13.4. The van der Waals surface area contributed by atoms with Gasteiger partial charge in [0, 0.05) is 31.3 Å². The summed E-state index contributed by atoms with van der Waals surface area (Å²) in [6.45, 7) is 1.40. The number of aliphatic carboxylic acids is 1. The van der Waals surface area contributed by atoms with Crippen molar-refractivity contribution in [2.24, 2.45) is 10.9 Å². The number of pyridine rings is 1. The third kappa shape index (κ3) is 5.14. The lowest BCUT2D eigenvalue weighted by molar-refractivity contribution is -0.136. The van der Waals surface area contributed by atoms with Crippen LogP contribution in [0.25, 0.3) is 0 Å². The highest BCUT2D eigenvalue weighted by Gasteiger charge is 2.26. The molecule has 1 amide bonds. The van der Waals surface area contributed by atoms with Crippen LogP contribution in [0.1, 0.15) is 58.3 Å². The number of anilines is 1. The fourth-order valence-corrected chi connectivity index (χ4v) is 3.78. The summed E-state index contributed by atoms with van der Waals surface area (Å²) in [5, 5.41) is 12.7. The smallest absolute Gasteiger partial charge is 0.303 e. The molecule has 3 rings (SSSR count). The van der Waals surface area contributed by atoms with Gasteiger partial charge in [-0.2, -0.15) is 5.10 Å². The number of amides is 1. The monoisotopic (exact) mass is 409 g/mol. The molecule has 1 aliphatic rings. The third-order valence-corrected chi connectivity index (χ3v) is 5.34. The number of nitrogen functional groups attached to an aromatic ring is 1. The Kier molecular flexibility index (Phi) is 7.00. The average molecular weight is 409 g/mol. The fraction of sp³-hybridized carbons (Fsp3) is 0.364. The summed E-state index contributed by atoms with van der Waals surface area (Å²) in [7, 11) is 0. The number of hydrogen-bond donors (Lipinski definition) is 3. The number of likely N-dealkylation sites (tertiary alicyclic amines) is 1. The molecular weight excluding hydrogens is 382 g/mol. The summed E-state index contributed by atoms with van der Waals surface area (Å²) in [6.07, 6.45) is 6.79. The number of hydrogen-bond acceptors (Lipinski definition) is 6. The van der Waals surface area contributed by atoms with Gasteiger partial charge >= 0.3 is 5.97 Å². The number of carboxylic acid groups (broad SMARTS) is 1. The van der Waals surface area contributed by atoms with Gasteiger partial charge in [0.25, 0.3) is 5.91 Å². The van der Waals surface area contributed by atoms with Crippen molar-refractivity contribution in [1.82, 2.24) is 9.88 Å². The Balaban J connectivity index is 1.98. The van der Waals surface area contributed by atoms with Gasteiger partial charge in [-0.05, 0) is 48.8 Å². The first kappa shape index (κ1) is 21.3. The Morgan fingerprint density at radius 3 is 2.50 bits per heavy atom. The number of carboxylic acids is 1. The van der Waals surface area contributed by atoms with E-state index >= 15 is 0 Å². The number of rotatable bonds is 7. The normalized spacial score (nSPS) is 14.2. The molecule has 1 aromatic carbocycles. The molecule has 1 fully saturated rings. The molecule has 0 unspecified atom stereocenters. The van der Waals surface area contributed by atoms with E-state index in [1.807, 2.05) is 29.2 Å². The largest absolute Gasteiger partial charge is 0.481 e. The number of hydrazone groups is 1. The summed E-state index contributed by atoms with van der Waals surface area (Å²) in [4.78, 5) is 30.7. The van der Waals surface area contributed by atoms with E-state index in [0.29, 0.717) is 30.6 Å². The molecule has 8 heteroatoms. The Hall–Kier alpha value is -3.42. The summed E-state index contributed by atoms with van der Waals surface area (Å²) >= 11 is 0. The molecule has 1 aliphatic heterocycles. The molecule has 0 bridgehead atoms. The van der Waals surface area contributed by atoms with Gasteiger partial charge in [-0.15, -0.1) is 0 Å². The zero-order valence-corrected chi connectivity index (χ0v) is 16.9. The van der Waals surface area contributed by atoms with Gasteiger partial charge in [-0.1, -0.05) is 24.3 Å². The van der Waals surface area contributed by atoms with Crippen molar-refractivity contribution in [3.63, 3.8) is 0 Å². The molecule has 2 heterocycles. The van der Waals surface area contributed by atoms with E-state index in [9.17, 15) is 9.59 Å². The summed E-state index contributed by atoms with van der Waals surface area (Å²) < 4.78 is 0. The molecule has 0 saturated carbocycles. The second kappa shape index (κ2) is 9.87.